The molecule has 3 aromatic rings. The molecule has 0 radical (unpaired) electrons. The van der Waals surface area contributed by atoms with Crippen molar-refractivity contribution in [3.8, 4) is 0 Å². The van der Waals surface area contributed by atoms with Gasteiger partial charge in [-0.15, -0.1) is 0 Å². The van der Waals surface area contributed by atoms with Crippen LogP contribution in [0, 0.1) is 13.8 Å². The first kappa shape index (κ1) is 25.0. The summed E-state index contributed by atoms with van der Waals surface area (Å²) in [6.45, 7) is 5.90. The standard InChI is InChI=1S/C26H28N2O5S/c1-5-33-26(30)22-10-7-11-23(16-22)27-25(29)21-14-12-20(13-15-21)17-28(34(4,31)32)24-18(2)8-6-9-19(24)3/h6-16H,5,17H2,1-4H3,(H,27,29). The predicted molar refractivity (Wildman–Crippen MR) is 134 cm³/mol. The van der Waals surface area contributed by atoms with Crippen LogP contribution in [0.5, 0.6) is 0 Å². The number of hydrogen-bond donors (Lipinski definition) is 1. The van der Waals surface area contributed by atoms with Crippen molar-refractivity contribution in [3.05, 3.63) is 94.5 Å². The zero-order valence-corrected chi connectivity index (χ0v) is 20.5. The lowest BCUT2D eigenvalue weighted by Crippen LogP contribution is -2.30. The molecule has 0 aliphatic heterocycles. The molecule has 0 heterocycles. The molecule has 0 bridgehead atoms. The van der Waals surface area contributed by atoms with Crippen LogP contribution < -0.4 is 9.62 Å². The Hall–Kier alpha value is -3.65. The third kappa shape index (κ3) is 6.02. The van der Waals surface area contributed by atoms with Crippen LogP contribution in [0.25, 0.3) is 0 Å². The topological polar surface area (TPSA) is 92.8 Å². The third-order valence-electron chi connectivity index (χ3n) is 5.26. The van der Waals surface area contributed by atoms with E-state index < -0.39 is 16.0 Å². The Labute approximate surface area is 200 Å². The Balaban J connectivity index is 1.77. The minimum absolute atomic E-state index is 0.147. The fourth-order valence-electron chi connectivity index (χ4n) is 3.63. The van der Waals surface area contributed by atoms with E-state index in [0.717, 1.165) is 16.7 Å². The second-order valence-corrected chi connectivity index (χ2v) is 9.87. The van der Waals surface area contributed by atoms with Crippen molar-refractivity contribution in [2.24, 2.45) is 0 Å². The van der Waals surface area contributed by atoms with Crippen molar-refractivity contribution >= 4 is 33.3 Å². The van der Waals surface area contributed by atoms with Crippen LogP contribution in [-0.4, -0.2) is 33.2 Å². The average Bonchev–Trinajstić information content (AvgIpc) is 2.78. The predicted octanol–water partition coefficient (Wildman–Crippen LogP) is 4.70. The number of hydrogen-bond acceptors (Lipinski definition) is 5. The summed E-state index contributed by atoms with van der Waals surface area (Å²) in [6, 6.07) is 18.9. The normalized spacial score (nSPS) is 11.1. The van der Waals surface area contributed by atoms with Gasteiger partial charge in [0.15, 0.2) is 0 Å². The first-order valence-electron chi connectivity index (χ1n) is 10.8. The molecule has 1 amide bonds. The quantitative estimate of drug-likeness (QED) is 0.472. The molecule has 1 N–H and O–H groups in total. The smallest absolute Gasteiger partial charge is 0.338 e. The van der Waals surface area contributed by atoms with Crippen LogP contribution in [0.4, 0.5) is 11.4 Å². The highest BCUT2D eigenvalue weighted by molar-refractivity contribution is 7.92. The van der Waals surface area contributed by atoms with Crippen molar-refractivity contribution in [2.45, 2.75) is 27.3 Å². The van der Waals surface area contributed by atoms with Crippen molar-refractivity contribution < 1.29 is 22.7 Å². The molecule has 8 heteroatoms. The van der Waals surface area contributed by atoms with Crippen LogP contribution in [0.15, 0.2) is 66.7 Å². The van der Waals surface area contributed by atoms with Gasteiger partial charge in [0.2, 0.25) is 10.0 Å². The lowest BCUT2D eigenvalue weighted by atomic mass is 10.1. The van der Waals surface area contributed by atoms with E-state index in [1.165, 1.54) is 10.6 Å². The number of anilines is 2. The molecule has 0 saturated carbocycles. The molecule has 7 nitrogen and oxygen atoms in total. The lowest BCUT2D eigenvalue weighted by molar-refractivity contribution is 0.0526. The first-order valence-corrected chi connectivity index (χ1v) is 12.7. The Morgan fingerprint density at radius 2 is 1.53 bits per heavy atom. The fraction of sp³-hybridized carbons (Fsp3) is 0.231. The van der Waals surface area contributed by atoms with Gasteiger partial charge in [0.25, 0.3) is 5.91 Å². The number of esters is 1. The van der Waals surface area contributed by atoms with Crippen LogP contribution in [0.1, 0.15) is 44.3 Å². The van der Waals surface area contributed by atoms with Gasteiger partial charge >= 0.3 is 5.97 Å². The molecule has 3 rings (SSSR count). The van der Waals surface area contributed by atoms with E-state index in [1.54, 1.807) is 55.5 Å². The molecular weight excluding hydrogens is 452 g/mol. The highest BCUT2D eigenvalue weighted by Crippen LogP contribution is 2.28. The molecule has 34 heavy (non-hydrogen) atoms. The molecule has 0 aliphatic carbocycles. The SMILES string of the molecule is CCOC(=O)c1cccc(NC(=O)c2ccc(CN(c3c(C)cccc3C)S(C)(=O)=O)cc2)c1. The fourth-order valence-corrected chi connectivity index (χ4v) is 4.63. The van der Waals surface area contributed by atoms with E-state index in [-0.39, 0.29) is 19.1 Å². The van der Waals surface area contributed by atoms with Crippen LogP contribution in [-0.2, 0) is 21.3 Å². The number of carbonyl (C=O) groups excluding carboxylic acids is 2. The number of carbonyl (C=O) groups is 2. The summed E-state index contributed by atoms with van der Waals surface area (Å²) in [5, 5.41) is 2.77. The number of nitrogens with zero attached hydrogens (tertiary/aromatic N) is 1. The van der Waals surface area contributed by atoms with E-state index >= 15 is 0 Å². The van der Waals surface area contributed by atoms with Crippen molar-refractivity contribution in [2.75, 3.05) is 22.5 Å². The van der Waals surface area contributed by atoms with E-state index in [4.69, 9.17) is 4.74 Å². The summed E-state index contributed by atoms with van der Waals surface area (Å²) < 4.78 is 31.5. The van der Waals surface area contributed by atoms with Gasteiger partial charge in [-0.05, 0) is 67.8 Å². The number of aryl methyl sites for hydroxylation is 2. The zero-order chi connectivity index (χ0) is 24.9. The number of nitrogens with one attached hydrogen (secondary N) is 1. The highest BCUT2D eigenvalue weighted by Gasteiger charge is 2.21. The second kappa shape index (κ2) is 10.5. The highest BCUT2D eigenvalue weighted by atomic mass is 32.2. The molecule has 0 aliphatic rings. The Morgan fingerprint density at radius 1 is 0.912 bits per heavy atom. The van der Waals surface area contributed by atoms with E-state index in [1.807, 2.05) is 32.0 Å². The summed E-state index contributed by atoms with van der Waals surface area (Å²) in [5.74, 6) is -0.801. The van der Waals surface area contributed by atoms with Crippen molar-refractivity contribution in [3.63, 3.8) is 0 Å². The third-order valence-corrected chi connectivity index (χ3v) is 6.38. The number of amides is 1. The second-order valence-electron chi connectivity index (χ2n) is 7.96. The molecule has 178 valence electrons. The number of sulfonamides is 1. The minimum atomic E-state index is -3.53. The molecule has 0 fully saturated rings. The molecule has 0 spiro atoms. The van der Waals surface area contributed by atoms with E-state index in [0.29, 0.717) is 22.5 Å². The Morgan fingerprint density at radius 3 is 2.12 bits per heavy atom. The Bertz CT molecular complexity index is 1280. The minimum Gasteiger partial charge on any atom is -0.462 e. The largest absolute Gasteiger partial charge is 0.462 e. The summed E-state index contributed by atoms with van der Waals surface area (Å²) >= 11 is 0. The molecule has 0 saturated heterocycles. The van der Waals surface area contributed by atoms with Crippen LogP contribution in [0.2, 0.25) is 0 Å². The maximum absolute atomic E-state index is 12.7. The van der Waals surface area contributed by atoms with Gasteiger partial charge < -0.3 is 10.1 Å². The zero-order valence-electron chi connectivity index (χ0n) is 19.7. The maximum atomic E-state index is 12.7. The first-order chi connectivity index (χ1) is 16.1. The maximum Gasteiger partial charge on any atom is 0.338 e. The average molecular weight is 481 g/mol. The van der Waals surface area contributed by atoms with E-state index in [9.17, 15) is 18.0 Å². The summed E-state index contributed by atoms with van der Waals surface area (Å²) in [7, 11) is -3.53. The van der Waals surface area contributed by atoms with Gasteiger partial charge in [0.05, 0.1) is 30.7 Å². The Kier molecular flexibility index (Phi) is 7.73. The van der Waals surface area contributed by atoms with Crippen LogP contribution in [0.3, 0.4) is 0 Å². The van der Waals surface area contributed by atoms with Gasteiger partial charge in [-0.3, -0.25) is 9.10 Å². The monoisotopic (exact) mass is 480 g/mol. The van der Waals surface area contributed by atoms with Gasteiger partial charge in [-0.2, -0.15) is 0 Å². The van der Waals surface area contributed by atoms with E-state index in [2.05, 4.69) is 5.32 Å². The van der Waals surface area contributed by atoms with Crippen LogP contribution >= 0.6 is 0 Å². The number of rotatable bonds is 8. The van der Waals surface area contributed by atoms with Gasteiger partial charge in [0, 0.05) is 11.3 Å². The number of ether oxygens (including phenoxy) is 1. The number of benzene rings is 3. The molecule has 0 unspecified atom stereocenters. The molecule has 0 atom stereocenters. The summed E-state index contributed by atoms with van der Waals surface area (Å²) in [4.78, 5) is 24.6. The van der Waals surface area contributed by atoms with Crippen molar-refractivity contribution in [1.29, 1.82) is 0 Å². The molecule has 0 aromatic heterocycles. The number of para-hydroxylation sites is 1. The molecule has 3 aromatic carbocycles. The van der Waals surface area contributed by atoms with Gasteiger partial charge in [0.1, 0.15) is 0 Å². The van der Waals surface area contributed by atoms with Gasteiger partial charge in [-0.25, -0.2) is 13.2 Å². The van der Waals surface area contributed by atoms with Gasteiger partial charge in [-0.1, -0.05) is 36.4 Å². The lowest BCUT2D eigenvalue weighted by Gasteiger charge is -2.26. The molecular formula is C26H28N2O5S. The summed E-state index contributed by atoms with van der Waals surface area (Å²) in [6.07, 6.45) is 1.19. The summed E-state index contributed by atoms with van der Waals surface area (Å²) in [5.41, 5.74) is 4.36. The van der Waals surface area contributed by atoms with Crippen molar-refractivity contribution in [1.82, 2.24) is 0 Å².